The summed E-state index contributed by atoms with van der Waals surface area (Å²) in [5.74, 6) is -0.616. The molecule has 1 aromatic carbocycles. The van der Waals surface area contributed by atoms with Crippen molar-refractivity contribution in [3.05, 3.63) is 69.1 Å². The first kappa shape index (κ1) is 21.3. The normalized spacial score (nSPS) is 16.2. The zero-order chi connectivity index (χ0) is 21.8. The minimum atomic E-state index is -0.553. The zero-order valence-corrected chi connectivity index (χ0v) is 17.5. The van der Waals surface area contributed by atoms with Crippen molar-refractivity contribution in [1.29, 1.82) is 0 Å². The number of nitrogens with zero attached hydrogens (tertiary/aromatic N) is 3. The lowest BCUT2D eigenvalue weighted by atomic mass is 9.95. The van der Waals surface area contributed by atoms with E-state index in [1.807, 2.05) is 30.3 Å². The highest BCUT2D eigenvalue weighted by atomic mass is 16.5. The molecule has 4 rings (SSSR count). The molecule has 2 aliphatic heterocycles. The monoisotopic (exact) mass is 425 g/mol. The third-order valence-electron chi connectivity index (χ3n) is 5.95. The predicted molar refractivity (Wildman–Crippen MR) is 114 cm³/mol. The number of fused-ring (bicyclic) bond motifs is 1. The van der Waals surface area contributed by atoms with Gasteiger partial charge in [-0.2, -0.15) is 0 Å². The molecule has 0 spiro atoms. The maximum Gasteiger partial charge on any atom is 0.263 e. The van der Waals surface area contributed by atoms with E-state index in [0.717, 1.165) is 16.7 Å². The van der Waals surface area contributed by atoms with E-state index in [2.05, 4.69) is 0 Å². The molecule has 2 amide bonds. The number of morpholine rings is 1. The van der Waals surface area contributed by atoms with Gasteiger partial charge in [0.15, 0.2) is 0 Å². The van der Waals surface area contributed by atoms with Crippen LogP contribution in [0.4, 0.5) is 0 Å². The SMILES string of the molecule is O=C(CO)N1CCc2c(cn(CCc3ccccc3)c(=O)c2C(=O)N2CCOCC2)C1. The Labute approximate surface area is 180 Å². The third kappa shape index (κ3) is 4.55. The van der Waals surface area contributed by atoms with E-state index >= 15 is 0 Å². The predicted octanol–water partition coefficient (Wildman–Crippen LogP) is 0.440. The molecule has 1 N–H and O–H groups in total. The molecular formula is C23H27N3O5. The molecule has 0 atom stereocenters. The van der Waals surface area contributed by atoms with Crippen LogP contribution in [0.5, 0.6) is 0 Å². The second kappa shape index (κ2) is 9.45. The zero-order valence-electron chi connectivity index (χ0n) is 17.5. The fraction of sp³-hybridized carbons (Fsp3) is 0.435. The second-order valence-corrected chi connectivity index (χ2v) is 7.87. The number of carbonyl (C=O) groups excluding carboxylic acids is 2. The van der Waals surface area contributed by atoms with Crippen molar-refractivity contribution in [3.8, 4) is 0 Å². The lowest BCUT2D eigenvalue weighted by Crippen LogP contribution is -2.46. The Balaban J connectivity index is 1.70. The first-order chi connectivity index (χ1) is 15.1. The number of hydrogen-bond donors (Lipinski definition) is 1. The van der Waals surface area contributed by atoms with Crippen molar-refractivity contribution in [3.63, 3.8) is 0 Å². The van der Waals surface area contributed by atoms with E-state index in [1.54, 1.807) is 20.6 Å². The van der Waals surface area contributed by atoms with Gasteiger partial charge in [-0.1, -0.05) is 30.3 Å². The van der Waals surface area contributed by atoms with Gasteiger partial charge in [0.2, 0.25) is 5.91 Å². The highest BCUT2D eigenvalue weighted by Crippen LogP contribution is 2.22. The highest BCUT2D eigenvalue weighted by Gasteiger charge is 2.30. The quantitative estimate of drug-likeness (QED) is 0.751. The second-order valence-electron chi connectivity index (χ2n) is 7.87. The van der Waals surface area contributed by atoms with Crippen molar-refractivity contribution in [1.82, 2.24) is 14.4 Å². The Kier molecular flexibility index (Phi) is 6.48. The maximum atomic E-state index is 13.4. The van der Waals surface area contributed by atoms with Crippen LogP contribution in [0.3, 0.4) is 0 Å². The Hall–Kier alpha value is -2.97. The van der Waals surface area contributed by atoms with Crippen LogP contribution in [0.15, 0.2) is 41.3 Å². The van der Waals surface area contributed by atoms with Crippen molar-refractivity contribution in [2.24, 2.45) is 0 Å². The molecule has 1 fully saturated rings. The average molecular weight is 425 g/mol. The van der Waals surface area contributed by atoms with Crippen LogP contribution in [-0.4, -0.2) is 70.7 Å². The third-order valence-corrected chi connectivity index (χ3v) is 5.95. The number of amides is 2. The molecule has 0 saturated carbocycles. The van der Waals surface area contributed by atoms with Crippen LogP contribution in [0.1, 0.15) is 27.0 Å². The summed E-state index contributed by atoms with van der Waals surface area (Å²) in [7, 11) is 0. The van der Waals surface area contributed by atoms with Gasteiger partial charge in [-0.05, 0) is 29.5 Å². The lowest BCUT2D eigenvalue weighted by Gasteiger charge is -2.32. The summed E-state index contributed by atoms with van der Waals surface area (Å²) in [4.78, 5) is 42.0. The molecule has 3 heterocycles. The number of pyridine rings is 1. The number of aliphatic hydroxyl groups excluding tert-OH is 1. The van der Waals surface area contributed by atoms with Crippen molar-refractivity contribution in [2.45, 2.75) is 25.9 Å². The van der Waals surface area contributed by atoms with Crippen LogP contribution < -0.4 is 5.56 Å². The number of ether oxygens (including phenoxy) is 1. The Morgan fingerprint density at radius 2 is 1.77 bits per heavy atom. The maximum absolute atomic E-state index is 13.4. The van der Waals surface area contributed by atoms with Gasteiger partial charge in [0.1, 0.15) is 12.2 Å². The topological polar surface area (TPSA) is 92.1 Å². The standard InChI is InChI=1S/C23H27N3O5/c27-16-20(28)25-9-7-19-18(14-25)15-26(8-6-17-4-2-1-3-5-17)23(30)21(19)22(29)24-10-12-31-13-11-24/h1-5,15,27H,6-14,16H2. The summed E-state index contributed by atoms with van der Waals surface area (Å²) in [6.45, 7) is 2.38. The molecule has 2 aromatic rings. The number of carbonyl (C=O) groups is 2. The Morgan fingerprint density at radius 3 is 2.48 bits per heavy atom. The van der Waals surface area contributed by atoms with Crippen LogP contribution in [0.25, 0.3) is 0 Å². The average Bonchev–Trinajstić information content (AvgIpc) is 2.82. The van der Waals surface area contributed by atoms with E-state index in [4.69, 9.17) is 4.74 Å². The largest absolute Gasteiger partial charge is 0.387 e. The van der Waals surface area contributed by atoms with Crippen molar-refractivity contribution in [2.75, 3.05) is 39.5 Å². The number of aromatic nitrogens is 1. The molecule has 0 bridgehead atoms. The van der Waals surface area contributed by atoms with Crippen LogP contribution >= 0.6 is 0 Å². The molecule has 0 aliphatic carbocycles. The van der Waals surface area contributed by atoms with Crippen LogP contribution in [-0.2, 0) is 35.5 Å². The van der Waals surface area contributed by atoms with E-state index < -0.39 is 6.61 Å². The molecule has 8 nitrogen and oxygen atoms in total. The van der Waals surface area contributed by atoms with E-state index in [0.29, 0.717) is 52.2 Å². The number of aliphatic hydroxyl groups is 1. The summed E-state index contributed by atoms with van der Waals surface area (Å²) in [5.41, 5.74) is 2.54. The lowest BCUT2D eigenvalue weighted by molar-refractivity contribution is -0.135. The highest BCUT2D eigenvalue weighted by molar-refractivity contribution is 5.96. The summed E-state index contributed by atoms with van der Waals surface area (Å²) in [6, 6.07) is 9.86. The fourth-order valence-electron chi connectivity index (χ4n) is 4.23. The molecule has 2 aliphatic rings. The fourth-order valence-corrected chi connectivity index (χ4v) is 4.23. The number of rotatable bonds is 5. The molecule has 1 aromatic heterocycles. The van der Waals surface area contributed by atoms with Crippen molar-refractivity contribution < 1.29 is 19.4 Å². The summed E-state index contributed by atoms with van der Waals surface area (Å²) >= 11 is 0. The Bertz CT molecular complexity index is 1010. The number of hydrogen-bond acceptors (Lipinski definition) is 5. The number of aryl methyl sites for hydroxylation is 2. The van der Waals surface area contributed by atoms with Gasteiger partial charge in [-0.3, -0.25) is 14.4 Å². The number of benzene rings is 1. The smallest absolute Gasteiger partial charge is 0.263 e. The summed E-state index contributed by atoms with van der Waals surface area (Å²) in [6.07, 6.45) is 2.85. The van der Waals surface area contributed by atoms with Gasteiger partial charge in [-0.15, -0.1) is 0 Å². The molecular weight excluding hydrogens is 398 g/mol. The van der Waals surface area contributed by atoms with Gasteiger partial charge >= 0.3 is 0 Å². The molecule has 0 radical (unpaired) electrons. The van der Waals surface area contributed by atoms with E-state index in [1.165, 1.54) is 0 Å². The molecule has 31 heavy (non-hydrogen) atoms. The molecule has 164 valence electrons. The van der Waals surface area contributed by atoms with Gasteiger partial charge in [0.25, 0.3) is 11.5 Å². The van der Waals surface area contributed by atoms with E-state index in [-0.39, 0.29) is 29.5 Å². The minimum absolute atomic E-state index is 0.212. The van der Waals surface area contributed by atoms with Gasteiger partial charge in [0.05, 0.1) is 13.2 Å². The molecule has 0 unspecified atom stereocenters. The summed E-state index contributed by atoms with van der Waals surface area (Å²) in [5, 5.41) is 9.24. The first-order valence-corrected chi connectivity index (χ1v) is 10.6. The minimum Gasteiger partial charge on any atom is -0.387 e. The van der Waals surface area contributed by atoms with Gasteiger partial charge < -0.3 is 24.2 Å². The Morgan fingerprint density at radius 1 is 1.03 bits per heavy atom. The van der Waals surface area contributed by atoms with Gasteiger partial charge in [0, 0.05) is 38.9 Å². The van der Waals surface area contributed by atoms with E-state index in [9.17, 15) is 19.5 Å². The van der Waals surface area contributed by atoms with Crippen LogP contribution in [0, 0.1) is 0 Å². The molecule has 8 heteroatoms. The van der Waals surface area contributed by atoms with Gasteiger partial charge in [-0.25, -0.2) is 0 Å². The van der Waals surface area contributed by atoms with Crippen LogP contribution in [0.2, 0.25) is 0 Å². The first-order valence-electron chi connectivity index (χ1n) is 10.6. The van der Waals surface area contributed by atoms with Crippen molar-refractivity contribution >= 4 is 11.8 Å². The molecule has 1 saturated heterocycles. The summed E-state index contributed by atoms with van der Waals surface area (Å²) < 4.78 is 6.94.